The van der Waals surface area contributed by atoms with Crippen molar-refractivity contribution in [2.45, 2.75) is 19.4 Å². The molecule has 5 nitrogen and oxygen atoms in total. The van der Waals surface area contributed by atoms with Gasteiger partial charge in [0.2, 0.25) is 0 Å². The minimum atomic E-state index is -0.563. The maximum absolute atomic E-state index is 14.8. The fraction of sp³-hybridized carbons (Fsp3) is 0.217. The Kier molecular flexibility index (Phi) is 5.84. The second-order valence-corrected chi connectivity index (χ2v) is 7.43. The van der Waals surface area contributed by atoms with Crippen LogP contribution in [0.4, 0.5) is 10.1 Å². The van der Waals surface area contributed by atoms with Gasteiger partial charge in [-0.1, -0.05) is 41.6 Å². The first kappa shape index (κ1) is 20.1. The molecule has 1 aliphatic rings. The quantitative estimate of drug-likeness (QED) is 0.626. The summed E-state index contributed by atoms with van der Waals surface area (Å²) in [5, 5.41) is 7.05. The summed E-state index contributed by atoms with van der Waals surface area (Å²) in [5.74, 6) is 4.87. The Morgan fingerprint density at radius 1 is 1.27 bits per heavy atom. The van der Waals surface area contributed by atoms with Gasteiger partial charge in [-0.15, -0.1) is 0 Å². The zero-order valence-corrected chi connectivity index (χ0v) is 17.0. The van der Waals surface area contributed by atoms with Gasteiger partial charge < -0.3 is 10.1 Å². The second kappa shape index (κ2) is 8.70. The lowest BCUT2D eigenvalue weighted by molar-refractivity contribution is 0.101. The fourth-order valence-corrected chi connectivity index (χ4v) is 3.57. The summed E-state index contributed by atoms with van der Waals surface area (Å²) in [4.78, 5) is 12.9. The number of hydrogen-bond donors (Lipinski definition) is 1. The van der Waals surface area contributed by atoms with Crippen molar-refractivity contribution in [3.05, 3.63) is 81.9 Å². The van der Waals surface area contributed by atoms with Crippen LogP contribution in [0.3, 0.4) is 0 Å². The molecule has 1 atom stereocenters. The monoisotopic (exact) mass is 423 g/mol. The predicted octanol–water partition coefficient (Wildman–Crippen LogP) is 4.60. The maximum atomic E-state index is 14.8. The Hall–Kier alpha value is -3.14. The molecule has 1 aliphatic heterocycles. The number of aryl methyl sites for hydroxylation is 1. The number of ether oxygens (including phenoxy) is 1. The smallest absolute Gasteiger partial charge is 0.275 e. The Balaban J connectivity index is 1.58. The first-order valence-electron chi connectivity index (χ1n) is 9.52. The van der Waals surface area contributed by atoms with Gasteiger partial charge in [0.25, 0.3) is 5.91 Å². The normalized spacial score (nSPS) is 15.5. The van der Waals surface area contributed by atoms with Crippen molar-refractivity contribution in [2.24, 2.45) is 0 Å². The van der Waals surface area contributed by atoms with E-state index < -0.39 is 11.7 Å². The topological polar surface area (TPSA) is 56.2 Å². The van der Waals surface area contributed by atoms with E-state index in [0.29, 0.717) is 24.3 Å². The maximum Gasteiger partial charge on any atom is 0.275 e. The molecule has 1 saturated heterocycles. The predicted molar refractivity (Wildman–Crippen MR) is 113 cm³/mol. The van der Waals surface area contributed by atoms with Crippen LogP contribution in [0.1, 0.15) is 39.6 Å². The van der Waals surface area contributed by atoms with Crippen LogP contribution in [0, 0.1) is 24.6 Å². The van der Waals surface area contributed by atoms with Crippen LogP contribution in [-0.4, -0.2) is 28.9 Å². The molecule has 0 aliphatic carbocycles. The van der Waals surface area contributed by atoms with Crippen LogP contribution in [0.15, 0.2) is 48.7 Å². The number of halogens is 2. The van der Waals surface area contributed by atoms with E-state index in [1.54, 1.807) is 17.7 Å². The van der Waals surface area contributed by atoms with Crippen molar-refractivity contribution in [1.82, 2.24) is 9.78 Å². The molecule has 1 amide bonds. The van der Waals surface area contributed by atoms with Gasteiger partial charge in [-0.25, -0.2) is 4.39 Å². The first-order chi connectivity index (χ1) is 14.5. The fourth-order valence-electron chi connectivity index (χ4n) is 3.36. The highest BCUT2D eigenvalue weighted by Crippen LogP contribution is 2.27. The number of carbonyl (C=O) groups excluding carboxylic acids is 1. The van der Waals surface area contributed by atoms with Gasteiger partial charge >= 0.3 is 0 Å². The summed E-state index contributed by atoms with van der Waals surface area (Å²) in [6, 6.07) is 12.4. The number of hydrogen-bond acceptors (Lipinski definition) is 3. The van der Waals surface area contributed by atoms with Gasteiger partial charge in [0.1, 0.15) is 11.5 Å². The number of rotatable bonds is 3. The van der Waals surface area contributed by atoms with Gasteiger partial charge in [0.05, 0.1) is 29.6 Å². The lowest BCUT2D eigenvalue weighted by Gasteiger charge is -2.15. The molecule has 4 rings (SSSR count). The molecule has 1 aromatic heterocycles. The number of nitrogens with one attached hydrogen (secondary N) is 1. The third-order valence-corrected chi connectivity index (χ3v) is 5.14. The third kappa shape index (κ3) is 4.23. The molecule has 2 heterocycles. The minimum Gasteiger partial charge on any atom is -0.379 e. The molecule has 3 aromatic rings. The number of amides is 1. The molecular weight excluding hydrogens is 405 g/mol. The summed E-state index contributed by atoms with van der Waals surface area (Å²) in [7, 11) is 0. The highest BCUT2D eigenvalue weighted by atomic mass is 35.5. The molecule has 0 radical (unpaired) electrons. The van der Waals surface area contributed by atoms with Crippen LogP contribution in [0.25, 0.3) is 0 Å². The number of benzene rings is 2. The number of nitrogens with zero attached hydrogens (tertiary/aromatic N) is 2. The average molecular weight is 424 g/mol. The van der Waals surface area contributed by atoms with Crippen molar-refractivity contribution in [2.75, 3.05) is 18.5 Å². The molecule has 30 heavy (non-hydrogen) atoms. The molecule has 152 valence electrons. The van der Waals surface area contributed by atoms with E-state index in [-0.39, 0.29) is 22.4 Å². The largest absolute Gasteiger partial charge is 0.379 e. The van der Waals surface area contributed by atoms with E-state index in [4.69, 9.17) is 16.3 Å². The Bertz CT molecular complexity index is 1120. The standard InChI is InChI=1S/C23H19ClFN3O2/c1-15-11-17(8-7-16-5-3-2-4-6-16)12-20(25)21(15)27-23(29)22-19(24)13-26-28(22)18-9-10-30-14-18/h2-6,11-13,18H,9-10,14H2,1H3,(H,27,29)/t18-/m0/s1. The van der Waals surface area contributed by atoms with Crippen molar-refractivity contribution >= 4 is 23.2 Å². The van der Waals surface area contributed by atoms with Crippen molar-refractivity contribution < 1.29 is 13.9 Å². The number of aromatic nitrogens is 2. The number of carbonyl (C=O) groups is 1. The van der Waals surface area contributed by atoms with E-state index in [9.17, 15) is 9.18 Å². The molecule has 0 saturated carbocycles. The van der Waals surface area contributed by atoms with E-state index >= 15 is 0 Å². The van der Waals surface area contributed by atoms with Gasteiger partial charge in [-0.3, -0.25) is 9.48 Å². The van der Waals surface area contributed by atoms with Gasteiger partial charge in [0.15, 0.2) is 0 Å². The minimum absolute atomic E-state index is 0.0696. The molecule has 0 spiro atoms. The Morgan fingerprint density at radius 2 is 2.03 bits per heavy atom. The van der Waals surface area contributed by atoms with Crippen LogP contribution in [0.5, 0.6) is 0 Å². The summed E-state index contributed by atoms with van der Waals surface area (Å²) in [5.41, 5.74) is 2.22. The molecule has 1 fully saturated rings. The SMILES string of the molecule is Cc1cc(C#Cc2ccccc2)cc(F)c1NC(=O)c1c(Cl)cnn1[C@H]1CCOC1. The Morgan fingerprint density at radius 3 is 2.73 bits per heavy atom. The van der Waals surface area contributed by atoms with Crippen LogP contribution < -0.4 is 5.32 Å². The third-order valence-electron chi connectivity index (χ3n) is 4.87. The summed E-state index contributed by atoms with van der Waals surface area (Å²) in [6.07, 6.45) is 2.15. The summed E-state index contributed by atoms with van der Waals surface area (Å²) in [6.45, 7) is 2.78. The molecule has 7 heteroatoms. The Labute approximate surface area is 178 Å². The van der Waals surface area contributed by atoms with E-state index in [0.717, 1.165) is 12.0 Å². The van der Waals surface area contributed by atoms with Crippen LogP contribution in [-0.2, 0) is 4.74 Å². The lowest BCUT2D eigenvalue weighted by Crippen LogP contribution is -2.22. The second-order valence-electron chi connectivity index (χ2n) is 7.02. The molecule has 0 unspecified atom stereocenters. The van der Waals surface area contributed by atoms with E-state index in [2.05, 4.69) is 22.3 Å². The molecule has 2 aromatic carbocycles. The van der Waals surface area contributed by atoms with E-state index in [1.165, 1.54) is 12.3 Å². The highest BCUT2D eigenvalue weighted by Gasteiger charge is 2.26. The van der Waals surface area contributed by atoms with Crippen LogP contribution >= 0.6 is 11.6 Å². The zero-order valence-electron chi connectivity index (χ0n) is 16.3. The van der Waals surface area contributed by atoms with Crippen molar-refractivity contribution in [3.8, 4) is 11.8 Å². The molecule has 0 bridgehead atoms. The van der Waals surface area contributed by atoms with Crippen molar-refractivity contribution in [3.63, 3.8) is 0 Å². The zero-order chi connectivity index (χ0) is 21.1. The summed E-state index contributed by atoms with van der Waals surface area (Å²) < 4.78 is 21.7. The van der Waals surface area contributed by atoms with E-state index in [1.807, 2.05) is 30.3 Å². The van der Waals surface area contributed by atoms with Gasteiger partial charge in [-0.05, 0) is 43.2 Å². The average Bonchev–Trinajstić information content (AvgIpc) is 3.39. The molecule has 1 N–H and O–H groups in total. The first-order valence-corrected chi connectivity index (χ1v) is 9.90. The lowest BCUT2D eigenvalue weighted by atomic mass is 10.1. The number of anilines is 1. The summed E-state index contributed by atoms with van der Waals surface area (Å²) >= 11 is 6.19. The molecular formula is C23H19ClFN3O2. The van der Waals surface area contributed by atoms with Gasteiger partial charge in [-0.2, -0.15) is 5.10 Å². The van der Waals surface area contributed by atoms with Crippen LogP contribution in [0.2, 0.25) is 5.02 Å². The van der Waals surface area contributed by atoms with Crippen molar-refractivity contribution in [1.29, 1.82) is 0 Å². The van der Waals surface area contributed by atoms with Gasteiger partial charge in [0, 0.05) is 17.7 Å². The highest BCUT2D eigenvalue weighted by molar-refractivity contribution is 6.34.